The van der Waals surface area contributed by atoms with Gasteiger partial charge in [0.05, 0.1) is 20.3 Å². The Labute approximate surface area is 177 Å². The third-order valence-electron chi connectivity index (χ3n) is 4.30. The minimum atomic E-state index is -0.547. The molecule has 0 aliphatic rings. The molecule has 7 heteroatoms. The van der Waals surface area contributed by atoms with Crippen molar-refractivity contribution in [2.45, 2.75) is 45.9 Å². The molecular formula is C23H30N2O5. The van der Waals surface area contributed by atoms with Crippen molar-refractivity contribution in [2.75, 3.05) is 14.2 Å². The Balaban J connectivity index is 1.99. The fourth-order valence-corrected chi connectivity index (χ4v) is 2.80. The lowest BCUT2D eigenvalue weighted by Crippen LogP contribution is -2.32. The van der Waals surface area contributed by atoms with Crippen LogP contribution in [0.25, 0.3) is 0 Å². The highest BCUT2D eigenvalue weighted by Gasteiger charge is 2.17. The molecule has 2 rings (SSSR count). The van der Waals surface area contributed by atoms with Crippen LogP contribution in [0.15, 0.2) is 42.5 Å². The zero-order valence-corrected chi connectivity index (χ0v) is 18.4. The number of rotatable bonds is 7. The van der Waals surface area contributed by atoms with Crippen molar-refractivity contribution in [1.82, 2.24) is 10.6 Å². The smallest absolute Gasteiger partial charge is 0.407 e. The van der Waals surface area contributed by atoms with Crippen molar-refractivity contribution in [1.29, 1.82) is 0 Å². The van der Waals surface area contributed by atoms with Crippen molar-refractivity contribution < 1.29 is 23.8 Å². The summed E-state index contributed by atoms with van der Waals surface area (Å²) < 4.78 is 15.9. The van der Waals surface area contributed by atoms with Gasteiger partial charge in [0.1, 0.15) is 17.1 Å². The first kappa shape index (κ1) is 23.1. The Hall–Kier alpha value is -3.22. The number of benzene rings is 2. The SMILES string of the molecule is COc1ccc(OC)c([C@@H](C)NC(=O)c2ccc(CNC(=O)OC(C)(C)C)cc2)c1. The summed E-state index contributed by atoms with van der Waals surface area (Å²) >= 11 is 0. The van der Waals surface area contributed by atoms with Gasteiger partial charge in [-0.2, -0.15) is 0 Å². The molecule has 0 heterocycles. The predicted molar refractivity (Wildman–Crippen MR) is 115 cm³/mol. The van der Waals surface area contributed by atoms with Gasteiger partial charge < -0.3 is 24.8 Å². The lowest BCUT2D eigenvalue weighted by molar-refractivity contribution is 0.0523. The number of carbonyl (C=O) groups is 2. The van der Waals surface area contributed by atoms with Crippen LogP contribution in [-0.2, 0) is 11.3 Å². The van der Waals surface area contributed by atoms with E-state index in [0.717, 1.165) is 11.1 Å². The van der Waals surface area contributed by atoms with Gasteiger partial charge in [-0.1, -0.05) is 12.1 Å². The van der Waals surface area contributed by atoms with Crippen LogP contribution < -0.4 is 20.1 Å². The van der Waals surface area contributed by atoms with Crippen LogP contribution in [0.1, 0.15) is 55.2 Å². The Morgan fingerprint density at radius 3 is 2.23 bits per heavy atom. The van der Waals surface area contributed by atoms with Gasteiger partial charge in [0.15, 0.2) is 0 Å². The number of hydrogen-bond acceptors (Lipinski definition) is 5. The first-order valence-corrected chi connectivity index (χ1v) is 9.71. The molecule has 0 aromatic heterocycles. The molecule has 0 fully saturated rings. The number of alkyl carbamates (subject to hydrolysis) is 1. The summed E-state index contributed by atoms with van der Waals surface area (Å²) in [4.78, 5) is 24.4. The molecule has 30 heavy (non-hydrogen) atoms. The van der Waals surface area contributed by atoms with Crippen molar-refractivity contribution in [3.05, 3.63) is 59.2 Å². The first-order valence-electron chi connectivity index (χ1n) is 9.71. The molecule has 2 aromatic rings. The number of amides is 2. The molecule has 0 aliphatic heterocycles. The van der Waals surface area contributed by atoms with Gasteiger partial charge in [0.2, 0.25) is 0 Å². The minimum absolute atomic E-state index is 0.209. The number of carbonyl (C=O) groups excluding carboxylic acids is 2. The number of hydrogen-bond donors (Lipinski definition) is 2. The quantitative estimate of drug-likeness (QED) is 0.708. The van der Waals surface area contributed by atoms with E-state index in [-0.39, 0.29) is 11.9 Å². The maximum atomic E-state index is 12.6. The second kappa shape index (κ2) is 10.0. The van der Waals surface area contributed by atoms with E-state index >= 15 is 0 Å². The molecule has 2 N–H and O–H groups in total. The second-order valence-corrected chi connectivity index (χ2v) is 7.86. The summed E-state index contributed by atoms with van der Waals surface area (Å²) in [6.45, 7) is 7.62. The first-order chi connectivity index (χ1) is 14.1. The van der Waals surface area contributed by atoms with Crippen LogP contribution in [0.4, 0.5) is 4.79 Å². The monoisotopic (exact) mass is 414 g/mol. The van der Waals surface area contributed by atoms with E-state index in [9.17, 15) is 9.59 Å². The van der Waals surface area contributed by atoms with Crippen LogP contribution in [0.5, 0.6) is 11.5 Å². The molecule has 0 radical (unpaired) electrons. The molecule has 162 valence electrons. The Bertz CT molecular complexity index is 872. The van der Waals surface area contributed by atoms with Gasteiger partial charge in [-0.25, -0.2) is 4.79 Å². The lowest BCUT2D eigenvalue weighted by atomic mass is 10.1. The van der Waals surface area contributed by atoms with Crippen LogP contribution >= 0.6 is 0 Å². The summed E-state index contributed by atoms with van der Waals surface area (Å²) in [7, 11) is 3.18. The van der Waals surface area contributed by atoms with Crippen LogP contribution in [-0.4, -0.2) is 31.8 Å². The van der Waals surface area contributed by atoms with Crippen LogP contribution in [0.3, 0.4) is 0 Å². The molecule has 0 unspecified atom stereocenters. The summed E-state index contributed by atoms with van der Waals surface area (Å²) in [5.74, 6) is 1.15. The average Bonchev–Trinajstić information content (AvgIpc) is 2.70. The van der Waals surface area contributed by atoms with Gasteiger partial charge in [-0.15, -0.1) is 0 Å². The fourth-order valence-electron chi connectivity index (χ4n) is 2.80. The highest BCUT2D eigenvalue weighted by Crippen LogP contribution is 2.29. The third-order valence-corrected chi connectivity index (χ3v) is 4.30. The van der Waals surface area contributed by atoms with E-state index in [1.54, 1.807) is 44.6 Å². The highest BCUT2D eigenvalue weighted by molar-refractivity contribution is 5.94. The molecule has 1 atom stereocenters. The number of nitrogens with one attached hydrogen (secondary N) is 2. The van der Waals surface area contributed by atoms with E-state index in [1.807, 2.05) is 39.8 Å². The Kier molecular flexibility index (Phi) is 7.69. The maximum absolute atomic E-state index is 12.6. The molecule has 0 spiro atoms. The van der Waals surface area contributed by atoms with Crippen molar-refractivity contribution in [3.63, 3.8) is 0 Å². The van der Waals surface area contributed by atoms with E-state index in [4.69, 9.17) is 14.2 Å². The summed E-state index contributed by atoms with van der Waals surface area (Å²) in [5.41, 5.74) is 1.65. The zero-order valence-electron chi connectivity index (χ0n) is 18.4. The van der Waals surface area contributed by atoms with Crippen molar-refractivity contribution in [3.8, 4) is 11.5 Å². The molecule has 0 bridgehead atoms. The summed E-state index contributed by atoms with van der Waals surface area (Å²) in [5, 5.41) is 5.66. The summed E-state index contributed by atoms with van der Waals surface area (Å²) in [6.07, 6.45) is -0.481. The second-order valence-electron chi connectivity index (χ2n) is 7.86. The molecule has 7 nitrogen and oxygen atoms in total. The molecule has 0 saturated heterocycles. The number of ether oxygens (including phenoxy) is 3. The van der Waals surface area contributed by atoms with E-state index in [2.05, 4.69) is 10.6 Å². The molecule has 2 aromatic carbocycles. The average molecular weight is 415 g/mol. The lowest BCUT2D eigenvalue weighted by Gasteiger charge is -2.19. The third kappa shape index (κ3) is 6.69. The van der Waals surface area contributed by atoms with Gasteiger partial charge in [0, 0.05) is 17.7 Å². The van der Waals surface area contributed by atoms with E-state index in [0.29, 0.717) is 23.6 Å². The highest BCUT2D eigenvalue weighted by atomic mass is 16.6. The molecular weight excluding hydrogens is 384 g/mol. The Morgan fingerprint density at radius 1 is 1.00 bits per heavy atom. The van der Waals surface area contributed by atoms with Crippen LogP contribution in [0, 0.1) is 0 Å². The van der Waals surface area contributed by atoms with E-state index < -0.39 is 11.7 Å². The zero-order chi connectivity index (χ0) is 22.3. The van der Waals surface area contributed by atoms with Crippen molar-refractivity contribution >= 4 is 12.0 Å². The van der Waals surface area contributed by atoms with Crippen molar-refractivity contribution in [2.24, 2.45) is 0 Å². The van der Waals surface area contributed by atoms with Gasteiger partial charge in [-0.05, 0) is 63.6 Å². The normalized spacial score (nSPS) is 11.9. The van der Waals surface area contributed by atoms with Gasteiger partial charge >= 0.3 is 6.09 Å². The largest absolute Gasteiger partial charge is 0.497 e. The topological polar surface area (TPSA) is 85.9 Å². The van der Waals surface area contributed by atoms with E-state index in [1.165, 1.54) is 0 Å². The molecule has 0 saturated carbocycles. The summed E-state index contributed by atoms with van der Waals surface area (Å²) in [6, 6.07) is 12.2. The van der Waals surface area contributed by atoms with Gasteiger partial charge in [-0.3, -0.25) is 4.79 Å². The molecule has 0 aliphatic carbocycles. The fraction of sp³-hybridized carbons (Fsp3) is 0.391. The Morgan fingerprint density at radius 2 is 1.67 bits per heavy atom. The minimum Gasteiger partial charge on any atom is -0.497 e. The van der Waals surface area contributed by atoms with Crippen LogP contribution in [0.2, 0.25) is 0 Å². The predicted octanol–water partition coefficient (Wildman–Crippen LogP) is 4.22. The maximum Gasteiger partial charge on any atom is 0.407 e. The standard InChI is InChI=1S/C23H30N2O5/c1-15(19-13-18(28-5)11-12-20(19)29-6)25-21(26)17-9-7-16(8-10-17)14-24-22(27)30-23(2,3)4/h7-13,15H,14H2,1-6H3,(H,24,27)(H,25,26)/t15-/m1/s1. The number of methoxy groups -OCH3 is 2. The molecule has 2 amide bonds. The van der Waals surface area contributed by atoms with Gasteiger partial charge in [0.25, 0.3) is 5.91 Å².